The molecular formula is C12H24N2O2. The Labute approximate surface area is 98.3 Å². The van der Waals surface area contributed by atoms with E-state index < -0.39 is 0 Å². The Hall–Kier alpha value is -0.610. The predicted molar refractivity (Wildman–Crippen MR) is 64.3 cm³/mol. The highest BCUT2D eigenvalue weighted by molar-refractivity contribution is 5.76. The molecule has 0 radical (unpaired) electrons. The molecule has 1 N–H and O–H groups in total. The number of nitrogens with zero attached hydrogens (tertiary/aromatic N) is 1. The fraction of sp³-hybridized carbons (Fsp3) is 0.917. The quantitative estimate of drug-likeness (QED) is 0.713. The maximum absolute atomic E-state index is 11.7. The van der Waals surface area contributed by atoms with Crippen molar-refractivity contribution in [2.24, 2.45) is 0 Å². The maximum atomic E-state index is 11.7. The van der Waals surface area contributed by atoms with Crippen LogP contribution in [0, 0.1) is 0 Å². The van der Waals surface area contributed by atoms with E-state index in [4.69, 9.17) is 4.74 Å². The van der Waals surface area contributed by atoms with Gasteiger partial charge in [0.1, 0.15) is 6.04 Å². The summed E-state index contributed by atoms with van der Waals surface area (Å²) in [5.74, 6) is -0.100. The summed E-state index contributed by atoms with van der Waals surface area (Å²) >= 11 is 0. The summed E-state index contributed by atoms with van der Waals surface area (Å²) < 4.78 is 5.20. The highest BCUT2D eigenvalue weighted by Gasteiger charge is 2.30. The number of ether oxygens (including phenoxy) is 1. The van der Waals surface area contributed by atoms with Crippen molar-refractivity contribution < 1.29 is 9.53 Å². The van der Waals surface area contributed by atoms with Gasteiger partial charge in [-0.1, -0.05) is 6.92 Å². The highest BCUT2D eigenvalue weighted by atomic mass is 16.5. The van der Waals surface area contributed by atoms with Crippen LogP contribution >= 0.6 is 0 Å². The van der Waals surface area contributed by atoms with Crippen LogP contribution in [0.3, 0.4) is 0 Å². The van der Waals surface area contributed by atoms with Crippen LogP contribution in [0.15, 0.2) is 0 Å². The van der Waals surface area contributed by atoms with Gasteiger partial charge in [0.2, 0.25) is 0 Å². The largest absolute Gasteiger partial charge is 0.462 e. The molecule has 0 aromatic heterocycles. The Morgan fingerprint density at radius 2 is 2.19 bits per heavy atom. The zero-order valence-corrected chi connectivity index (χ0v) is 10.8. The smallest absolute Gasteiger partial charge is 0.323 e. The average Bonchev–Trinajstić information content (AvgIpc) is 2.65. The van der Waals surface area contributed by atoms with Crippen LogP contribution in [0.1, 0.15) is 33.6 Å². The summed E-state index contributed by atoms with van der Waals surface area (Å²) in [5.41, 5.74) is 0. The molecule has 0 aromatic rings. The number of rotatable bonds is 5. The molecule has 1 heterocycles. The molecule has 4 heteroatoms. The van der Waals surface area contributed by atoms with Crippen molar-refractivity contribution in [2.75, 3.05) is 20.1 Å². The van der Waals surface area contributed by atoms with E-state index in [2.05, 4.69) is 24.2 Å². The second-order valence-corrected chi connectivity index (χ2v) is 4.83. The fourth-order valence-electron chi connectivity index (χ4n) is 1.97. The Morgan fingerprint density at radius 3 is 2.75 bits per heavy atom. The van der Waals surface area contributed by atoms with Gasteiger partial charge in [0.15, 0.2) is 0 Å². The van der Waals surface area contributed by atoms with Crippen molar-refractivity contribution in [1.82, 2.24) is 10.2 Å². The zero-order valence-electron chi connectivity index (χ0n) is 10.8. The summed E-state index contributed by atoms with van der Waals surface area (Å²) in [6, 6.07) is 0.326. The normalized spacial score (nSPS) is 25.4. The van der Waals surface area contributed by atoms with E-state index >= 15 is 0 Å². The molecule has 1 fully saturated rings. The number of hydrogen-bond acceptors (Lipinski definition) is 4. The van der Waals surface area contributed by atoms with E-state index in [0.717, 1.165) is 25.9 Å². The van der Waals surface area contributed by atoms with Crippen LogP contribution in [0.5, 0.6) is 0 Å². The van der Waals surface area contributed by atoms with Gasteiger partial charge in [-0.3, -0.25) is 4.79 Å². The number of esters is 1. The minimum absolute atomic E-state index is 0.0216. The Kier molecular flexibility index (Phi) is 5.22. The maximum Gasteiger partial charge on any atom is 0.323 e. The van der Waals surface area contributed by atoms with Gasteiger partial charge in [0.05, 0.1) is 6.10 Å². The Bertz CT molecular complexity index is 231. The molecule has 1 aliphatic rings. The van der Waals surface area contributed by atoms with Gasteiger partial charge in [-0.25, -0.2) is 0 Å². The third-order valence-electron chi connectivity index (χ3n) is 2.95. The van der Waals surface area contributed by atoms with Gasteiger partial charge in [-0.2, -0.15) is 0 Å². The first kappa shape index (κ1) is 13.5. The van der Waals surface area contributed by atoms with E-state index in [0.29, 0.717) is 6.04 Å². The lowest BCUT2D eigenvalue weighted by molar-refractivity contribution is -0.149. The summed E-state index contributed by atoms with van der Waals surface area (Å²) in [6.07, 6.45) is 1.93. The van der Waals surface area contributed by atoms with E-state index in [-0.39, 0.29) is 18.1 Å². The van der Waals surface area contributed by atoms with Gasteiger partial charge in [0.25, 0.3) is 0 Å². The van der Waals surface area contributed by atoms with E-state index in [1.807, 2.05) is 13.8 Å². The summed E-state index contributed by atoms with van der Waals surface area (Å²) in [4.78, 5) is 13.9. The van der Waals surface area contributed by atoms with Gasteiger partial charge in [-0.05, 0) is 40.3 Å². The molecule has 0 saturated carbocycles. The molecule has 0 spiro atoms. The van der Waals surface area contributed by atoms with Crippen molar-refractivity contribution in [3.8, 4) is 0 Å². The van der Waals surface area contributed by atoms with Gasteiger partial charge < -0.3 is 15.0 Å². The Balaban J connectivity index is 2.31. The summed E-state index contributed by atoms with van der Waals surface area (Å²) in [6.45, 7) is 7.95. The standard InChI is InChI=1S/C12H24N2O2/c1-5-14(4)8-10-6-7-11(13-10)12(15)16-9(2)3/h9-11,13H,5-8H2,1-4H3. The van der Waals surface area contributed by atoms with Crippen LogP contribution in [0.2, 0.25) is 0 Å². The molecule has 2 atom stereocenters. The van der Waals surface area contributed by atoms with Gasteiger partial charge >= 0.3 is 5.97 Å². The number of hydrogen-bond donors (Lipinski definition) is 1. The lowest BCUT2D eigenvalue weighted by atomic mass is 10.2. The zero-order chi connectivity index (χ0) is 12.1. The third kappa shape index (κ3) is 4.10. The van der Waals surface area contributed by atoms with Gasteiger partial charge in [-0.15, -0.1) is 0 Å². The monoisotopic (exact) mass is 228 g/mol. The molecular weight excluding hydrogens is 204 g/mol. The molecule has 0 bridgehead atoms. The molecule has 2 unspecified atom stereocenters. The van der Waals surface area contributed by atoms with Crippen molar-refractivity contribution in [1.29, 1.82) is 0 Å². The number of likely N-dealkylation sites (N-methyl/N-ethyl adjacent to an activating group) is 1. The summed E-state index contributed by atoms with van der Waals surface area (Å²) in [5, 5.41) is 3.35. The first-order chi connectivity index (χ1) is 7.52. The highest BCUT2D eigenvalue weighted by Crippen LogP contribution is 2.14. The first-order valence-corrected chi connectivity index (χ1v) is 6.18. The number of carbonyl (C=O) groups is 1. The van der Waals surface area contributed by atoms with E-state index in [1.165, 1.54) is 0 Å². The molecule has 0 amide bonds. The molecule has 94 valence electrons. The molecule has 4 nitrogen and oxygen atoms in total. The second kappa shape index (κ2) is 6.21. The SMILES string of the molecule is CCN(C)CC1CCC(C(=O)OC(C)C)N1. The van der Waals surface area contributed by atoms with Crippen molar-refractivity contribution >= 4 is 5.97 Å². The first-order valence-electron chi connectivity index (χ1n) is 6.18. The topological polar surface area (TPSA) is 41.6 Å². The van der Waals surface area contributed by atoms with E-state index in [9.17, 15) is 4.79 Å². The van der Waals surface area contributed by atoms with Crippen molar-refractivity contribution in [3.05, 3.63) is 0 Å². The predicted octanol–water partition coefficient (Wildman–Crippen LogP) is 1.01. The number of carbonyl (C=O) groups excluding carboxylic acids is 1. The van der Waals surface area contributed by atoms with Crippen LogP contribution < -0.4 is 5.32 Å². The molecule has 0 aromatic carbocycles. The van der Waals surface area contributed by atoms with E-state index in [1.54, 1.807) is 0 Å². The van der Waals surface area contributed by atoms with Gasteiger partial charge in [0, 0.05) is 12.6 Å². The number of nitrogens with one attached hydrogen (secondary N) is 1. The Morgan fingerprint density at radius 1 is 1.50 bits per heavy atom. The fourth-order valence-corrected chi connectivity index (χ4v) is 1.97. The molecule has 1 rings (SSSR count). The molecule has 16 heavy (non-hydrogen) atoms. The lowest BCUT2D eigenvalue weighted by Gasteiger charge is -2.20. The molecule has 1 saturated heterocycles. The third-order valence-corrected chi connectivity index (χ3v) is 2.95. The lowest BCUT2D eigenvalue weighted by Crippen LogP contribution is -2.42. The average molecular weight is 228 g/mol. The minimum atomic E-state index is -0.100. The molecule has 0 aliphatic carbocycles. The second-order valence-electron chi connectivity index (χ2n) is 4.83. The van der Waals surface area contributed by atoms with Crippen molar-refractivity contribution in [3.63, 3.8) is 0 Å². The van der Waals surface area contributed by atoms with Crippen LogP contribution in [0.4, 0.5) is 0 Å². The minimum Gasteiger partial charge on any atom is -0.462 e. The van der Waals surface area contributed by atoms with Crippen LogP contribution in [-0.4, -0.2) is 49.2 Å². The van der Waals surface area contributed by atoms with Crippen molar-refractivity contribution in [2.45, 2.75) is 51.8 Å². The van der Waals surface area contributed by atoms with Crippen LogP contribution in [-0.2, 0) is 9.53 Å². The van der Waals surface area contributed by atoms with Crippen LogP contribution in [0.25, 0.3) is 0 Å². The molecule has 1 aliphatic heterocycles. The summed E-state index contributed by atoms with van der Waals surface area (Å²) in [7, 11) is 2.10.